The molecule has 4 aromatic rings. The number of carbonyl (C=O) groups excluding carboxylic acids is 1. The van der Waals surface area contributed by atoms with E-state index in [1.807, 2.05) is 57.2 Å². The molecule has 3 aromatic carbocycles. The zero-order valence-corrected chi connectivity index (χ0v) is 24.6. The van der Waals surface area contributed by atoms with Crippen LogP contribution in [0.5, 0.6) is 5.75 Å². The third-order valence-electron chi connectivity index (χ3n) is 7.59. The number of hydrogen-bond acceptors (Lipinski definition) is 6. The van der Waals surface area contributed by atoms with E-state index in [1.165, 1.54) is 11.1 Å². The Labute approximate surface area is 246 Å². The number of aromatic nitrogens is 2. The summed E-state index contributed by atoms with van der Waals surface area (Å²) in [6.07, 6.45) is 2.17. The Hall–Kier alpha value is -3.39. The fourth-order valence-electron chi connectivity index (χ4n) is 5.36. The van der Waals surface area contributed by atoms with Gasteiger partial charge in [-0.15, -0.1) is 0 Å². The van der Waals surface area contributed by atoms with E-state index in [9.17, 15) is 4.79 Å². The summed E-state index contributed by atoms with van der Waals surface area (Å²) in [5.41, 5.74) is 5.52. The molecule has 0 aliphatic carbocycles. The summed E-state index contributed by atoms with van der Waals surface area (Å²) in [6.45, 7) is 10.1. The Morgan fingerprint density at radius 1 is 1.07 bits per heavy atom. The average Bonchev–Trinajstić information content (AvgIpc) is 3.25. The van der Waals surface area contributed by atoms with Crippen LogP contribution in [-0.4, -0.2) is 45.3 Å². The topological polar surface area (TPSA) is 65.8 Å². The number of benzene rings is 3. The van der Waals surface area contributed by atoms with Crippen LogP contribution in [0.1, 0.15) is 60.1 Å². The third kappa shape index (κ3) is 6.58. The maximum atomic E-state index is 12.8. The molecule has 41 heavy (non-hydrogen) atoms. The van der Waals surface area contributed by atoms with Crippen molar-refractivity contribution in [1.29, 1.82) is 0 Å². The highest BCUT2D eigenvalue weighted by atomic mass is 35.5. The predicted octanol–water partition coefficient (Wildman–Crippen LogP) is 6.57. The molecule has 0 radical (unpaired) electrons. The maximum absolute atomic E-state index is 12.8. The van der Waals surface area contributed by atoms with E-state index in [-0.39, 0.29) is 12.1 Å². The molecule has 0 saturated carbocycles. The summed E-state index contributed by atoms with van der Waals surface area (Å²) in [7, 11) is 0. The Morgan fingerprint density at radius 3 is 2.61 bits per heavy atom. The highest BCUT2D eigenvalue weighted by molar-refractivity contribution is 6.30. The molecule has 0 bridgehead atoms. The lowest BCUT2D eigenvalue weighted by atomic mass is 9.99. The van der Waals surface area contributed by atoms with Crippen LogP contribution in [-0.2, 0) is 42.1 Å². The third-order valence-corrected chi connectivity index (χ3v) is 7.85. The van der Waals surface area contributed by atoms with Gasteiger partial charge in [-0.25, -0.2) is 9.78 Å². The van der Waals surface area contributed by atoms with Crippen LogP contribution in [0.25, 0.3) is 11.0 Å². The summed E-state index contributed by atoms with van der Waals surface area (Å²) >= 11 is 6.01. The molecule has 1 aromatic heterocycles. The van der Waals surface area contributed by atoms with Crippen molar-refractivity contribution in [3.05, 3.63) is 93.8 Å². The maximum Gasteiger partial charge on any atom is 0.338 e. The van der Waals surface area contributed by atoms with Crippen LogP contribution in [0.3, 0.4) is 0 Å². The van der Waals surface area contributed by atoms with E-state index in [1.54, 1.807) is 6.07 Å². The Balaban J connectivity index is 1.20. The number of rotatable bonds is 8. The van der Waals surface area contributed by atoms with Crippen LogP contribution >= 0.6 is 11.6 Å². The second-order valence-corrected chi connectivity index (χ2v) is 12.4. The van der Waals surface area contributed by atoms with Gasteiger partial charge in [0.1, 0.15) is 23.8 Å². The lowest BCUT2D eigenvalue weighted by Crippen LogP contribution is -2.34. The van der Waals surface area contributed by atoms with Crippen LogP contribution in [0.2, 0.25) is 5.02 Å². The van der Waals surface area contributed by atoms with Gasteiger partial charge in [0.15, 0.2) is 0 Å². The molecule has 0 N–H and O–H groups in total. The standard InChI is InChI=1S/C33H36ClN3O4/c1-33(2,3)41-32(38)24-7-11-29-30(17-24)37(19-28-13-15-39-28)31(35-29)20-36-14-12-23-6-10-27(16-25(23)18-36)40-21-22-4-8-26(34)9-5-22/h4-11,16-17,28H,12-15,18-21H2,1-3H3/t28-/m0/s1. The van der Waals surface area contributed by atoms with Crippen molar-refractivity contribution < 1.29 is 19.0 Å². The van der Waals surface area contributed by atoms with Crippen molar-refractivity contribution in [2.75, 3.05) is 13.2 Å². The lowest BCUT2D eigenvalue weighted by Gasteiger charge is -2.30. The van der Waals surface area contributed by atoms with Crippen molar-refractivity contribution in [2.24, 2.45) is 0 Å². The van der Waals surface area contributed by atoms with Gasteiger partial charge in [0.25, 0.3) is 0 Å². The van der Waals surface area contributed by atoms with Crippen LogP contribution < -0.4 is 4.74 Å². The molecule has 1 fully saturated rings. The Kier molecular flexibility index (Phi) is 7.77. The van der Waals surface area contributed by atoms with Crippen molar-refractivity contribution in [2.45, 2.75) is 71.6 Å². The summed E-state index contributed by atoms with van der Waals surface area (Å²) in [5.74, 6) is 1.52. The monoisotopic (exact) mass is 573 g/mol. The quantitative estimate of drug-likeness (QED) is 0.222. The van der Waals surface area contributed by atoms with Gasteiger partial charge in [0.2, 0.25) is 0 Å². The molecule has 0 unspecified atom stereocenters. The normalized spacial score (nSPS) is 17.2. The molecule has 2 aliphatic rings. The molecule has 7 nitrogen and oxygen atoms in total. The summed E-state index contributed by atoms with van der Waals surface area (Å²) in [6, 6.07) is 19.8. The first kappa shape index (κ1) is 27.8. The highest BCUT2D eigenvalue weighted by Crippen LogP contribution is 2.28. The first-order chi connectivity index (χ1) is 19.7. The minimum Gasteiger partial charge on any atom is -0.489 e. The molecule has 3 heterocycles. The molecule has 2 aliphatic heterocycles. The average molecular weight is 574 g/mol. The van der Waals surface area contributed by atoms with Gasteiger partial charge in [-0.2, -0.15) is 0 Å². The van der Waals surface area contributed by atoms with Crippen LogP contribution in [0.4, 0.5) is 0 Å². The van der Waals surface area contributed by atoms with E-state index in [0.717, 1.165) is 72.3 Å². The Bertz CT molecular complexity index is 1550. The van der Waals surface area contributed by atoms with E-state index in [4.69, 9.17) is 30.8 Å². The molecule has 0 spiro atoms. The number of esters is 1. The first-order valence-corrected chi connectivity index (χ1v) is 14.6. The number of ether oxygens (including phenoxy) is 3. The second-order valence-electron chi connectivity index (χ2n) is 11.9. The van der Waals surface area contributed by atoms with E-state index in [0.29, 0.717) is 18.7 Å². The van der Waals surface area contributed by atoms with Gasteiger partial charge >= 0.3 is 5.97 Å². The predicted molar refractivity (Wildman–Crippen MR) is 159 cm³/mol. The lowest BCUT2D eigenvalue weighted by molar-refractivity contribution is -0.0592. The molecule has 0 amide bonds. The number of halogens is 1. The highest BCUT2D eigenvalue weighted by Gasteiger charge is 2.25. The number of nitrogens with zero attached hydrogens (tertiary/aromatic N) is 3. The van der Waals surface area contributed by atoms with Crippen LogP contribution in [0, 0.1) is 0 Å². The van der Waals surface area contributed by atoms with Crippen molar-refractivity contribution in [3.63, 3.8) is 0 Å². The number of carbonyl (C=O) groups is 1. The Morgan fingerprint density at radius 2 is 1.88 bits per heavy atom. The van der Waals surface area contributed by atoms with E-state index < -0.39 is 5.60 Å². The SMILES string of the molecule is CC(C)(C)OC(=O)c1ccc2nc(CN3CCc4ccc(OCc5ccc(Cl)cc5)cc4C3)n(C[C@@H]3CCO3)c2c1. The fraction of sp³-hybridized carbons (Fsp3) is 0.394. The van der Waals surface area contributed by atoms with Crippen molar-refractivity contribution in [1.82, 2.24) is 14.5 Å². The molecule has 8 heteroatoms. The fourth-order valence-corrected chi connectivity index (χ4v) is 5.48. The van der Waals surface area contributed by atoms with Gasteiger partial charge in [-0.1, -0.05) is 29.8 Å². The largest absolute Gasteiger partial charge is 0.489 e. The second kappa shape index (κ2) is 11.5. The van der Waals surface area contributed by atoms with Gasteiger partial charge in [-0.05, 0) is 92.8 Å². The molecule has 214 valence electrons. The van der Waals surface area contributed by atoms with Gasteiger partial charge < -0.3 is 18.8 Å². The molecular weight excluding hydrogens is 538 g/mol. The van der Waals surface area contributed by atoms with E-state index in [2.05, 4.69) is 27.7 Å². The molecular formula is C33H36ClN3O4. The van der Waals surface area contributed by atoms with E-state index >= 15 is 0 Å². The molecule has 6 rings (SSSR count). The van der Waals surface area contributed by atoms with Crippen molar-refractivity contribution in [3.8, 4) is 5.75 Å². The van der Waals surface area contributed by atoms with Gasteiger partial charge in [-0.3, -0.25) is 4.90 Å². The summed E-state index contributed by atoms with van der Waals surface area (Å²) in [4.78, 5) is 20.3. The van der Waals surface area contributed by atoms with Gasteiger partial charge in [0.05, 0.1) is 35.8 Å². The minimum absolute atomic E-state index is 0.166. The number of fused-ring (bicyclic) bond motifs is 2. The van der Waals surface area contributed by atoms with Crippen LogP contribution in [0.15, 0.2) is 60.7 Å². The minimum atomic E-state index is -0.553. The number of hydrogen-bond donors (Lipinski definition) is 0. The zero-order valence-electron chi connectivity index (χ0n) is 23.9. The number of imidazole rings is 1. The zero-order chi connectivity index (χ0) is 28.6. The first-order valence-electron chi connectivity index (χ1n) is 14.3. The molecule has 1 saturated heterocycles. The molecule has 1 atom stereocenters. The summed E-state index contributed by atoms with van der Waals surface area (Å²) in [5, 5.41) is 0.722. The van der Waals surface area contributed by atoms with Crippen molar-refractivity contribution >= 4 is 28.6 Å². The smallest absolute Gasteiger partial charge is 0.338 e. The summed E-state index contributed by atoms with van der Waals surface area (Å²) < 4.78 is 19.7. The van der Waals surface area contributed by atoms with Gasteiger partial charge in [0, 0.05) is 24.7 Å².